The van der Waals surface area contributed by atoms with Gasteiger partial charge < -0.3 is 37.2 Å². The lowest BCUT2D eigenvalue weighted by Crippen LogP contribution is -2.21. The number of nitrogens with zero attached hydrogens (tertiary/aromatic N) is 1. The van der Waals surface area contributed by atoms with Crippen LogP contribution in [-0.4, -0.2) is 98.3 Å². The van der Waals surface area contributed by atoms with Gasteiger partial charge in [0.15, 0.2) is 0 Å². The summed E-state index contributed by atoms with van der Waals surface area (Å²) in [7, 11) is 8.20. The van der Waals surface area contributed by atoms with Gasteiger partial charge in [-0.25, -0.2) is 0 Å². The molecule has 0 fully saturated rings. The number of unbranched alkanes of at least 4 members (excludes halogenated alkanes) is 11. The van der Waals surface area contributed by atoms with Crippen molar-refractivity contribution in [1.29, 1.82) is 0 Å². The van der Waals surface area contributed by atoms with E-state index >= 15 is 0 Å². The molecule has 0 bridgehead atoms. The van der Waals surface area contributed by atoms with Gasteiger partial charge in [-0.15, -0.1) is 50.9 Å². The van der Waals surface area contributed by atoms with E-state index in [1.807, 2.05) is 14.1 Å². The fourth-order valence-electron chi connectivity index (χ4n) is 3.63. The van der Waals surface area contributed by atoms with Gasteiger partial charge in [-0.05, 0) is 112 Å². The maximum absolute atomic E-state index is 9.93. The van der Waals surface area contributed by atoms with Crippen molar-refractivity contribution in [3.63, 3.8) is 0 Å². The quantitative estimate of drug-likeness (QED) is 0.0507. The molecule has 0 saturated heterocycles. The van der Waals surface area contributed by atoms with E-state index in [1.54, 1.807) is 0 Å². The summed E-state index contributed by atoms with van der Waals surface area (Å²) in [6, 6.07) is 0. The Balaban J connectivity index is -0.000000109. The lowest BCUT2D eigenvalue weighted by Gasteiger charge is -2.08. The van der Waals surface area contributed by atoms with Crippen LogP contribution in [0.1, 0.15) is 96.3 Å². The topological polar surface area (TPSA) is 124 Å². The zero-order chi connectivity index (χ0) is 28.8. The average molecular weight is 789 g/mol. The zero-order valence-corrected chi connectivity index (χ0v) is 32.1. The summed E-state index contributed by atoms with van der Waals surface area (Å²) >= 11 is 0. The minimum absolute atomic E-state index is 0. The summed E-state index contributed by atoms with van der Waals surface area (Å²) in [5.41, 5.74) is 5.35. The maximum Gasteiger partial charge on any atom is 0.207 e. The van der Waals surface area contributed by atoms with E-state index in [-0.39, 0.29) is 50.9 Å². The molecule has 0 aliphatic carbocycles. The predicted octanol–water partition coefficient (Wildman–Crippen LogP) is 4.59. The third-order valence-corrected chi connectivity index (χ3v) is 5.93. The van der Waals surface area contributed by atoms with Crippen LogP contribution in [0.5, 0.6) is 0 Å². The molecular formula is C29H70Br3N7O2. The summed E-state index contributed by atoms with van der Waals surface area (Å²) in [5.74, 6) is 0. The van der Waals surface area contributed by atoms with Crippen LogP contribution in [0, 0.1) is 0 Å². The van der Waals surface area contributed by atoms with Crippen LogP contribution >= 0.6 is 50.9 Å². The molecule has 0 aliphatic rings. The Morgan fingerprint density at radius 1 is 0.512 bits per heavy atom. The second-order valence-electron chi connectivity index (χ2n) is 10.00. The van der Waals surface area contributed by atoms with Crippen LogP contribution in [0.2, 0.25) is 0 Å². The first-order chi connectivity index (χ1) is 18.6. The Hall–Kier alpha value is 0.180. The molecule has 12 heteroatoms. The zero-order valence-electron chi connectivity index (χ0n) is 27.0. The highest BCUT2D eigenvalue weighted by molar-refractivity contribution is 8.93. The number of nitrogens with one attached hydrogen (secondary N) is 5. The molecule has 0 aromatic heterocycles. The normalized spacial score (nSPS) is 9.51. The molecule has 0 heterocycles. The van der Waals surface area contributed by atoms with Crippen molar-refractivity contribution in [2.24, 2.45) is 5.73 Å². The van der Waals surface area contributed by atoms with Crippen LogP contribution in [0.3, 0.4) is 0 Å². The van der Waals surface area contributed by atoms with E-state index in [2.05, 4.69) is 45.6 Å². The summed E-state index contributed by atoms with van der Waals surface area (Å²) in [6.07, 6.45) is 20.3. The molecule has 2 amide bonds. The third-order valence-electron chi connectivity index (χ3n) is 5.93. The molecule has 41 heavy (non-hydrogen) atoms. The summed E-state index contributed by atoms with van der Waals surface area (Å²) in [6.45, 7) is 8.15. The van der Waals surface area contributed by atoms with Gasteiger partial charge in [0.25, 0.3) is 0 Å². The van der Waals surface area contributed by atoms with Crippen molar-refractivity contribution in [3.8, 4) is 0 Å². The highest BCUT2D eigenvalue weighted by atomic mass is 79.9. The number of amides is 2. The Morgan fingerprint density at radius 3 is 1.29 bits per heavy atom. The predicted molar refractivity (Wildman–Crippen MR) is 197 cm³/mol. The molecule has 0 aromatic rings. The van der Waals surface area contributed by atoms with Gasteiger partial charge in [0, 0.05) is 13.1 Å². The molecule has 0 aliphatic heterocycles. The number of nitrogens with two attached hydrogens (primary N) is 1. The average Bonchev–Trinajstić information content (AvgIpc) is 2.91. The third kappa shape index (κ3) is 68.8. The Morgan fingerprint density at radius 2 is 0.878 bits per heavy atom. The second-order valence-corrected chi connectivity index (χ2v) is 10.00. The van der Waals surface area contributed by atoms with Crippen molar-refractivity contribution >= 4 is 63.8 Å². The molecule has 0 unspecified atom stereocenters. The SMILES string of the molecule is Br.Br.Br.CN(C)CCCCCCCCNC=O.CNCCCCCCCCNC=O.CNCCCNCCCCN. The first-order valence-electron chi connectivity index (χ1n) is 15.3. The number of hydrogen-bond donors (Lipinski definition) is 6. The molecule has 0 spiro atoms. The molecule has 0 radical (unpaired) electrons. The Labute approximate surface area is 286 Å². The van der Waals surface area contributed by atoms with Crippen molar-refractivity contribution in [2.45, 2.75) is 96.3 Å². The second kappa shape index (κ2) is 56.0. The van der Waals surface area contributed by atoms with Gasteiger partial charge in [0.1, 0.15) is 0 Å². The standard InChI is InChI=1S/C11H24N2O.C10H22N2O.C8H21N3.3BrH/c1-13(2)10-8-6-4-3-5-7-9-12-11-14;1-11-8-6-4-2-3-5-7-9-12-10-13;1-10-6-4-8-11-7-3-2-5-9;;;/h11H,3-10H2,1-2H3,(H,12,14);10-11H,2-9H2,1H3,(H,12,13);10-11H,2-9H2,1H3;3*1H. The van der Waals surface area contributed by atoms with Crippen LogP contribution in [0.15, 0.2) is 0 Å². The van der Waals surface area contributed by atoms with Crippen molar-refractivity contribution in [3.05, 3.63) is 0 Å². The smallest absolute Gasteiger partial charge is 0.207 e. The molecule has 0 atom stereocenters. The lowest BCUT2D eigenvalue weighted by atomic mass is 10.1. The molecule has 7 N–H and O–H groups in total. The first kappa shape index (κ1) is 53.7. The summed E-state index contributed by atoms with van der Waals surface area (Å²) in [5, 5.41) is 15.0. The number of halogens is 3. The van der Waals surface area contributed by atoms with Gasteiger partial charge in [-0.1, -0.05) is 51.4 Å². The van der Waals surface area contributed by atoms with Gasteiger partial charge in [0.2, 0.25) is 12.8 Å². The number of carbonyl (C=O) groups is 2. The maximum atomic E-state index is 9.93. The fourth-order valence-corrected chi connectivity index (χ4v) is 3.63. The van der Waals surface area contributed by atoms with E-state index in [4.69, 9.17) is 5.73 Å². The Kier molecular flexibility index (Phi) is 73.4. The molecular weight excluding hydrogens is 718 g/mol. The largest absolute Gasteiger partial charge is 0.359 e. The van der Waals surface area contributed by atoms with Crippen LogP contribution in [0.4, 0.5) is 0 Å². The van der Waals surface area contributed by atoms with Gasteiger partial charge in [-0.2, -0.15) is 0 Å². The van der Waals surface area contributed by atoms with Crippen LogP contribution < -0.4 is 32.3 Å². The molecule has 254 valence electrons. The van der Waals surface area contributed by atoms with Gasteiger partial charge >= 0.3 is 0 Å². The lowest BCUT2D eigenvalue weighted by molar-refractivity contribution is -0.110. The monoisotopic (exact) mass is 785 g/mol. The van der Waals surface area contributed by atoms with Gasteiger partial charge in [-0.3, -0.25) is 9.59 Å². The summed E-state index contributed by atoms with van der Waals surface area (Å²) in [4.78, 5) is 22.1. The molecule has 0 aromatic carbocycles. The van der Waals surface area contributed by atoms with E-state index in [1.165, 1.54) is 83.6 Å². The van der Waals surface area contributed by atoms with Crippen molar-refractivity contribution in [1.82, 2.24) is 31.5 Å². The first-order valence-corrected chi connectivity index (χ1v) is 15.3. The number of hydrogen-bond acceptors (Lipinski definition) is 7. The molecule has 0 saturated carbocycles. The summed E-state index contributed by atoms with van der Waals surface area (Å²) < 4.78 is 0. The van der Waals surface area contributed by atoms with E-state index in [0.29, 0.717) is 0 Å². The van der Waals surface area contributed by atoms with E-state index < -0.39 is 0 Å². The number of carbonyl (C=O) groups excluding carboxylic acids is 2. The Bertz CT molecular complexity index is 424. The fraction of sp³-hybridized carbons (Fsp3) is 0.931. The van der Waals surface area contributed by atoms with Gasteiger partial charge in [0.05, 0.1) is 0 Å². The van der Waals surface area contributed by atoms with Crippen LogP contribution in [0.25, 0.3) is 0 Å². The highest BCUT2D eigenvalue weighted by Crippen LogP contribution is 2.05. The number of rotatable bonds is 28. The molecule has 0 rings (SSSR count). The highest BCUT2D eigenvalue weighted by Gasteiger charge is 1.93. The minimum Gasteiger partial charge on any atom is -0.359 e. The van der Waals surface area contributed by atoms with E-state index in [0.717, 1.165) is 77.9 Å². The van der Waals surface area contributed by atoms with Crippen molar-refractivity contribution in [2.75, 3.05) is 80.5 Å². The van der Waals surface area contributed by atoms with Crippen LogP contribution in [-0.2, 0) is 9.59 Å². The minimum atomic E-state index is 0. The van der Waals surface area contributed by atoms with Crippen molar-refractivity contribution < 1.29 is 9.59 Å². The van der Waals surface area contributed by atoms with E-state index in [9.17, 15) is 9.59 Å². The molecule has 9 nitrogen and oxygen atoms in total.